The van der Waals surface area contributed by atoms with Crippen molar-refractivity contribution >= 4 is 29.7 Å². The molecule has 1 fully saturated rings. The molecule has 0 spiro atoms. The second kappa shape index (κ2) is 5.76. The Morgan fingerprint density at radius 3 is 2.88 bits per heavy atom. The second-order valence-electron chi connectivity index (χ2n) is 4.18. The van der Waals surface area contributed by atoms with Crippen molar-refractivity contribution in [3.63, 3.8) is 0 Å². The number of aryl methyl sites for hydroxylation is 1. The Morgan fingerprint density at radius 1 is 1.44 bits per heavy atom. The van der Waals surface area contributed by atoms with E-state index in [1.807, 2.05) is 6.07 Å². The molecule has 2 nitrogen and oxygen atoms in total. The number of rotatable bonds is 1. The first-order valence-electron chi connectivity index (χ1n) is 5.42. The summed E-state index contributed by atoms with van der Waals surface area (Å²) in [4.78, 5) is 2.43. The van der Waals surface area contributed by atoms with Crippen LogP contribution in [-0.2, 0) is 0 Å². The summed E-state index contributed by atoms with van der Waals surface area (Å²) < 4.78 is 0. The highest BCUT2D eigenvalue weighted by atomic mass is 35.5. The van der Waals surface area contributed by atoms with Gasteiger partial charge in [0.25, 0.3) is 0 Å². The maximum absolute atomic E-state index is 6.04. The molecule has 1 aliphatic rings. The minimum absolute atomic E-state index is 0. The number of benzene rings is 1. The molecule has 1 aromatic rings. The number of nitrogens with one attached hydrogen (secondary N) is 1. The molecule has 0 aromatic heterocycles. The first-order chi connectivity index (χ1) is 7.18. The lowest BCUT2D eigenvalue weighted by atomic mass is 10.1. The van der Waals surface area contributed by atoms with Crippen molar-refractivity contribution in [2.75, 3.05) is 24.5 Å². The highest BCUT2D eigenvalue weighted by molar-refractivity contribution is 6.30. The minimum atomic E-state index is 0. The van der Waals surface area contributed by atoms with Crippen molar-refractivity contribution in [2.45, 2.75) is 19.9 Å². The number of hydrogen-bond donors (Lipinski definition) is 1. The Morgan fingerprint density at radius 2 is 2.19 bits per heavy atom. The van der Waals surface area contributed by atoms with Gasteiger partial charge in [0.15, 0.2) is 0 Å². The second-order valence-corrected chi connectivity index (χ2v) is 4.61. The maximum Gasteiger partial charge on any atom is 0.0426 e. The van der Waals surface area contributed by atoms with Crippen LogP contribution in [-0.4, -0.2) is 25.7 Å². The zero-order valence-corrected chi connectivity index (χ0v) is 11.2. The van der Waals surface area contributed by atoms with Crippen LogP contribution in [0.5, 0.6) is 0 Å². The van der Waals surface area contributed by atoms with E-state index in [4.69, 9.17) is 11.6 Å². The standard InChI is InChI=1S/C12H17ClN2.ClH/c1-9-3-4-11(13)7-12(9)15-6-5-14-8-10(15)2;/h3-4,7,10,14H,5-6,8H2,1-2H3;1H. The molecule has 0 radical (unpaired) electrons. The lowest BCUT2D eigenvalue weighted by Gasteiger charge is -2.36. The van der Waals surface area contributed by atoms with Gasteiger partial charge in [-0.25, -0.2) is 0 Å². The van der Waals surface area contributed by atoms with E-state index >= 15 is 0 Å². The van der Waals surface area contributed by atoms with E-state index in [0.29, 0.717) is 6.04 Å². The van der Waals surface area contributed by atoms with Gasteiger partial charge >= 0.3 is 0 Å². The Kier molecular flexibility index (Phi) is 4.90. The third-order valence-electron chi connectivity index (χ3n) is 2.98. The van der Waals surface area contributed by atoms with Crippen molar-refractivity contribution in [1.82, 2.24) is 5.32 Å². The van der Waals surface area contributed by atoms with Crippen LogP contribution >= 0.6 is 24.0 Å². The fourth-order valence-electron chi connectivity index (χ4n) is 2.09. The quantitative estimate of drug-likeness (QED) is 0.836. The van der Waals surface area contributed by atoms with Crippen LogP contribution < -0.4 is 10.2 Å². The van der Waals surface area contributed by atoms with E-state index in [1.165, 1.54) is 11.3 Å². The largest absolute Gasteiger partial charge is 0.366 e. The lowest BCUT2D eigenvalue weighted by molar-refractivity contribution is 0.500. The summed E-state index contributed by atoms with van der Waals surface area (Å²) in [6.45, 7) is 7.54. The van der Waals surface area contributed by atoms with Crippen molar-refractivity contribution < 1.29 is 0 Å². The third-order valence-corrected chi connectivity index (χ3v) is 3.22. The van der Waals surface area contributed by atoms with Gasteiger partial charge in [-0.2, -0.15) is 0 Å². The van der Waals surface area contributed by atoms with E-state index in [2.05, 4.69) is 36.2 Å². The van der Waals surface area contributed by atoms with Gasteiger partial charge in [-0.3, -0.25) is 0 Å². The summed E-state index contributed by atoms with van der Waals surface area (Å²) in [6, 6.07) is 6.65. The summed E-state index contributed by atoms with van der Waals surface area (Å²) in [5.41, 5.74) is 2.57. The zero-order valence-electron chi connectivity index (χ0n) is 9.66. The van der Waals surface area contributed by atoms with Gasteiger partial charge in [0.05, 0.1) is 0 Å². The van der Waals surface area contributed by atoms with E-state index in [-0.39, 0.29) is 12.4 Å². The van der Waals surface area contributed by atoms with E-state index < -0.39 is 0 Å². The Balaban J connectivity index is 0.00000128. The summed E-state index contributed by atoms with van der Waals surface area (Å²) in [6.07, 6.45) is 0. The molecule has 0 bridgehead atoms. The molecule has 1 saturated heterocycles. The number of halogens is 2. The fraction of sp³-hybridized carbons (Fsp3) is 0.500. The average molecular weight is 261 g/mol. The molecular formula is C12H18Cl2N2. The average Bonchev–Trinajstić information content (AvgIpc) is 2.23. The van der Waals surface area contributed by atoms with Crippen LogP contribution in [0.3, 0.4) is 0 Å². The summed E-state index contributed by atoms with van der Waals surface area (Å²) in [5, 5.41) is 4.21. The molecular weight excluding hydrogens is 243 g/mol. The van der Waals surface area contributed by atoms with Crippen LogP contribution in [0.2, 0.25) is 5.02 Å². The van der Waals surface area contributed by atoms with Gasteiger partial charge in [0, 0.05) is 36.4 Å². The third kappa shape index (κ3) is 2.82. The predicted molar refractivity (Wildman–Crippen MR) is 73.1 cm³/mol. The van der Waals surface area contributed by atoms with Gasteiger partial charge in [0.1, 0.15) is 0 Å². The number of hydrogen-bond acceptors (Lipinski definition) is 2. The number of piperazine rings is 1. The van der Waals surface area contributed by atoms with Gasteiger partial charge in [-0.05, 0) is 31.5 Å². The van der Waals surface area contributed by atoms with Crippen LogP contribution in [0.1, 0.15) is 12.5 Å². The van der Waals surface area contributed by atoms with Crippen LogP contribution in [0, 0.1) is 6.92 Å². The van der Waals surface area contributed by atoms with Gasteiger partial charge in [-0.1, -0.05) is 17.7 Å². The van der Waals surface area contributed by atoms with E-state index in [1.54, 1.807) is 0 Å². The molecule has 16 heavy (non-hydrogen) atoms. The van der Waals surface area contributed by atoms with Crippen molar-refractivity contribution in [2.24, 2.45) is 0 Å². The molecule has 0 aliphatic carbocycles. The first-order valence-corrected chi connectivity index (χ1v) is 5.80. The van der Waals surface area contributed by atoms with Crippen LogP contribution in [0.25, 0.3) is 0 Å². The normalized spacial score (nSPS) is 20.4. The molecule has 1 unspecified atom stereocenters. The number of nitrogens with zero attached hydrogens (tertiary/aromatic N) is 1. The summed E-state index contributed by atoms with van der Waals surface area (Å²) in [7, 11) is 0. The molecule has 1 aliphatic heterocycles. The maximum atomic E-state index is 6.04. The van der Waals surface area contributed by atoms with Gasteiger partial charge < -0.3 is 10.2 Å². The summed E-state index contributed by atoms with van der Waals surface area (Å²) >= 11 is 6.04. The monoisotopic (exact) mass is 260 g/mol. The molecule has 0 amide bonds. The zero-order chi connectivity index (χ0) is 10.8. The molecule has 1 N–H and O–H groups in total. The smallest absolute Gasteiger partial charge is 0.0426 e. The Labute approximate surface area is 108 Å². The van der Waals surface area contributed by atoms with Crippen LogP contribution in [0.15, 0.2) is 18.2 Å². The topological polar surface area (TPSA) is 15.3 Å². The lowest BCUT2D eigenvalue weighted by Crippen LogP contribution is -2.50. The minimum Gasteiger partial charge on any atom is -0.366 e. The number of anilines is 1. The van der Waals surface area contributed by atoms with E-state index in [9.17, 15) is 0 Å². The molecule has 90 valence electrons. The predicted octanol–water partition coefficient (Wildman–Crippen LogP) is 2.87. The molecule has 1 heterocycles. The van der Waals surface area contributed by atoms with Gasteiger partial charge in [-0.15, -0.1) is 12.4 Å². The summed E-state index contributed by atoms with van der Waals surface area (Å²) in [5.74, 6) is 0. The molecule has 1 atom stereocenters. The highest BCUT2D eigenvalue weighted by Gasteiger charge is 2.19. The molecule has 4 heteroatoms. The Hall–Kier alpha value is -0.440. The Bertz CT molecular complexity index is 355. The fourth-order valence-corrected chi connectivity index (χ4v) is 2.26. The van der Waals surface area contributed by atoms with Gasteiger partial charge in [0.2, 0.25) is 0 Å². The SMILES string of the molecule is Cc1ccc(Cl)cc1N1CCNCC1C.Cl. The first kappa shape index (κ1) is 13.6. The van der Waals surface area contributed by atoms with Crippen molar-refractivity contribution in [3.05, 3.63) is 28.8 Å². The molecule has 0 saturated carbocycles. The molecule has 2 rings (SSSR count). The van der Waals surface area contributed by atoms with Crippen LogP contribution in [0.4, 0.5) is 5.69 Å². The van der Waals surface area contributed by atoms with Crippen molar-refractivity contribution in [1.29, 1.82) is 0 Å². The van der Waals surface area contributed by atoms with E-state index in [0.717, 1.165) is 24.7 Å². The van der Waals surface area contributed by atoms with Crippen molar-refractivity contribution in [3.8, 4) is 0 Å². The molecule has 1 aromatic carbocycles. The highest BCUT2D eigenvalue weighted by Crippen LogP contribution is 2.26.